The van der Waals surface area contributed by atoms with E-state index < -0.39 is 30.3 Å². The number of anilines is 2. The van der Waals surface area contributed by atoms with Crippen molar-refractivity contribution in [2.24, 2.45) is 5.73 Å². The number of halogens is 3. The van der Waals surface area contributed by atoms with Crippen LogP contribution in [0.15, 0.2) is 18.2 Å². The molecule has 1 aliphatic heterocycles. The Balaban J connectivity index is 2.06. The minimum atomic E-state index is -3.16. The van der Waals surface area contributed by atoms with Crippen molar-refractivity contribution in [1.82, 2.24) is 5.32 Å². The van der Waals surface area contributed by atoms with Crippen LogP contribution in [0.5, 0.6) is 0 Å². The van der Waals surface area contributed by atoms with Gasteiger partial charge in [0.15, 0.2) is 0 Å². The highest BCUT2D eigenvalue weighted by molar-refractivity contribution is 5.90. The summed E-state index contributed by atoms with van der Waals surface area (Å²) in [6.07, 6.45) is -3.82. The predicted molar refractivity (Wildman–Crippen MR) is 88.2 cm³/mol. The molecular weight excluding hydrogens is 355 g/mol. The Kier molecular flexibility index (Phi) is 6.39. The van der Waals surface area contributed by atoms with Crippen molar-refractivity contribution >= 4 is 29.7 Å². The smallest absolute Gasteiger partial charge is 0.414 e. The summed E-state index contributed by atoms with van der Waals surface area (Å²) < 4.78 is 43.6. The Morgan fingerprint density at radius 3 is 2.85 bits per heavy atom. The first-order chi connectivity index (χ1) is 12.4. The van der Waals surface area contributed by atoms with E-state index in [0.29, 0.717) is 0 Å². The molecule has 1 aromatic rings. The number of carbonyl (C=O) groups excluding carboxylic acids is 2. The quantitative estimate of drug-likeness (QED) is 0.463. The Bertz CT molecular complexity index is 688. The zero-order valence-corrected chi connectivity index (χ0v) is 13.6. The fraction of sp³-hybridized carbons (Fsp3) is 0.400. The van der Waals surface area contributed by atoms with Crippen molar-refractivity contribution in [2.45, 2.75) is 12.5 Å². The van der Waals surface area contributed by atoms with Crippen molar-refractivity contribution < 1.29 is 27.5 Å². The van der Waals surface area contributed by atoms with Crippen molar-refractivity contribution in [1.29, 1.82) is 5.41 Å². The first-order valence-corrected chi connectivity index (χ1v) is 7.68. The van der Waals surface area contributed by atoms with Crippen molar-refractivity contribution in [2.75, 3.05) is 36.0 Å². The fourth-order valence-corrected chi connectivity index (χ4v) is 2.42. The molecule has 11 heteroatoms. The van der Waals surface area contributed by atoms with E-state index in [0.717, 1.165) is 17.3 Å². The van der Waals surface area contributed by atoms with E-state index in [2.05, 4.69) is 0 Å². The highest BCUT2D eigenvalue weighted by Gasteiger charge is 2.33. The van der Waals surface area contributed by atoms with Gasteiger partial charge in [-0.3, -0.25) is 15.1 Å². The van der Waals surface area contributed by atoms with Crippen LogP contribution in [-0.2, 0) is 9.53 Å². The van der Waals surface area contributed by atoms with Crippen LogP contribution in [0.1, 0.15) is 0 Å². The zero-order valence-electron chi connectivity index (χ0n) is 13.6. The van der Waals surface area contributed by atoms with Crippen LogP contribution in [0.4, 0.5) is 29.3 Å². The molecule has 0 bridgehead atoms. The Morgan fingerprint density at radius 2 is 2.27 bits per heavy atom. The molecule has 2 rings (SSSR count). The maximum absolute atomic E-state index is 14.3. The lowest BCUT2D eigenvalue weighted by Gasteiger charge is -2.20. The molecule has 4 N–H and O–H groups in total. The van der Waals surface area contributed by atoms with Crippen LogP contribution in [0.2, 0.25) is 0 Å². The van der Waals surface area contributed by atoms with Crippen LogP contribution >= 0.6 is 0 Å². The second-order valence-electron chi connectivity index (χ2n) is 5.41. The minimum absolute atomic E-state index is 0.0295. The van der Waals surface area contributed by atoms with E-state index in [1.54, 1.807) is 0 Å². The third-order valence-corrected chi connectivity index (χ3v) is 3.65. The summed E-state index contributed by atoms with van der Waals surface area (Å²) in [5.41, 5.74) is 5.74. The van der Waals surface area contributed by atoms with Crippen molar-refractivity contribution in [3.05, 3.63) is 24.0 Å². The largest absolute Gasteiger partial charge is 0.442 e. The number of hydrogen-bond donors (Lipinski definition) is 3. The SMILES string of the molecule is N=CN(CCN)c1ccc(N2CC(CNC(=O)C(F)F)OC2=O)cc1F. The van der Waals surface area contributed by atoms with Crippen molar-refractivity contribution in [3.8, 4) is 0 Å². The molecule has 26 heavy (non-hydrogen) atoms. The zero-order chi connectivity index (χ0) is 19.3. The van der Waals surface area contributed by atoms with Gasteiger partial charge in [-0.2, -0.15) is 8.78 Å². The lowest BCUT2D eigenvalue weighted by atomic mass is 10.2. The van der Waals surface area contributed by atoms with Gasteiger partial charge in [-0.05, 0) is 18.2 Å². The summed E-state index contributed by atoms with van der Waals surface area (Å²) >= 11 is 0. The standard InChI is InChI=1S/C15H18F3N5O3/c16-11-5-9(1-2-12(11)22(8-20)4-3-19)23-7-10(26-15(23)25)6-21-14(24)13(17)18/h1-2,5,8,10,13,20H,3-4,6-7,19H2,(H,21,24). The number of hydrogen-bond acceptors (Lipinski definition) is 5. The first-order valence-electron chi connectivity index (χ1n) is 7.68. The van der Waals surface area contributed by atoms with Gasteiger partial charge in [0.1, 0.15) is 11.9 Å². The molecule has 1 saturated heterocycles. The molecule has 0 aliphatic carbocycles. The summed E-state index contributed by atoms with van der Waals surface area (Å²) in [5, 5.41) is 9.26. The number of carbonyl (C=O) groups is 2. The molecular formula is C15H18F3N5O3. The average molecular weight is 373 g/mol. The normalized spacial score (nSPS) is 16.6. The summed E-state index contributed by atoms with van der Waals surface area (Å²) in [6, 6.07) is 3.96. The first kappa shape index (κ1) is 19.5. The van der Waals surface area contributed by atoms with E-state index in [1.807, 2.05) is 5.32 Å². The highest BCUT2D eigenvalue weighted by Crippen LogP contribution is 2.27. The third-order valence-electron chi connectivity index (χ3n) is 3.65. The van der Waals surface area contributed by atoms with E-state index in [-0.39, 0.29) is 37.6 Å². The number of nitrogens with one attached hydrogen (secondary N) is 2. The van der Waals surface area contributed by atoms with Gasteiger partial charge in [-0.15, -0.1) is 0 Å². The van der Waals surface area contributed by atoms with Crippen LogP contribution in [-0.4, -0.2) is 57.0 Å². The summed E-state index contributed by atoms with van der Waals surface area (Å²) in [6.45, 7) is 0.167. The Labute approximate surface area is 147 Å². The van der Waals surface area contributed by atoms with Gasteiger partial charge in [0, 0.05) is 13.1 Å². The molecule has 0 spiro atoms. The van der Waals surface area contributed by atoms with Crippen LogP contribution in [0, 0.1) is 11.2 Å². The Hall–Kier alpha value is -2.82. The lowest BCUT2D eigenvalue weighted by molar-refractivity contribution is -0.132. The average Bonchev–Trinajstić information content (AvgIpc) is 2.98. The molecule has 2 amide bonds. The monoisotopic (exact) mass is 373 g/mol. The second-order valence-corrected chi connectivity index (χ2v) is 5.41. The van der Waals surface area contributed by atoms with Gasteiger partial charge >= 0.3 is 12.5 Å². The van der Waals surface area contributed by atoms with E-state index in [4.69, 9.17) is 15.9 Å². The minimum Gasteiger partial charge on any atom is -0.442 e. The van der Waals surface area contributed by atoms with E-state index in [9.17, 15) is 22.8 Å². The third kappa shape index (κ3) is 4.42. The number of nitrogens with two attached hydrogens (primary N) is 1. The molecule has 142 valence electrons. The number of ether oxygens (including phenoxy) is 1. The van der Waals surface area contributed by atoms with Gasteiger partial charge in [0.25, 0.3) is 5.91 Å². The van der Waals surface area contributed by atoms with Gasteiger partial charge in [0.05, 0.1) is 30.8 Å². The van der Waals surface area contributed by atoms with Crippen molar-refractivity contribution in [3.63, 3.8) is 0 Å². The van der Waals surface area contributed by atoms with E-state index in [1.165, 1.54) is 17.0 Å². The van der Waals surface area contributed by atoms with Crippen LogP contribution in [0.3, 0.4) is 0 Å². The highest BCUT2D eigenvalue weighted by atomic mass is 19.3. The molecule has 0 aromatic heterocycles. The topological polar surface area (TPSA) is 112 Å². The lowest BCUT2D eigenvalue weighted by Crippen LogP contribution is -2.37. The number of cyclic esters (lactones) is 1. The van der Waals surface area contributed by atoms with Gasteiger partial charge in [-0.25, -0.2) is 9.18 Å². The van der Waals surface area contributed by atoms with E-state index >= 15 is 0 Å². The molecule has 1 aromatic carbocycles. The van der Waals surface area contributed by atoms with Gasteiger partial charge < -0.3 is 20.7 Å². The maximum atomic E-state index is 14.3. The fourth-order valence-electron chi connectivity index (χ4n) is 2.42. The molecule has 1 heterocycles. The molecule has 1 unspecified atom stereocenters. The summed E-state index contributed by atoms with van der Waals surface area (Å²) in [5.74, 6) is -2.12. The molecule has 1 aliphatic rings. The summed E-state index contributed by atoms with van der Waals surface area (Å²) in [4.78, 5) is 25.2. The molecule has 0 saturated carbocycles. The number of benzene rings is 1. The second kappa shape index (κ2) is 8.52. The maximum Gasteiger partial charge on any atom is 0.414 e. The Morgan fingerprint density at radius 1 is 1.54 bits per heavy atom. The molecule has 0 radical (unpaired) electrons. The number of amides is 2. The molecule has 1 fully saturated rings. The predicted octanol–water partition coefficient (Wildman–Crippen LogP) is 0.904. The van der Waals surface area contributed by atoms with Gasteiger partial charge in [-0.1, -0.05) is 0 Å². The summed E-state index contributed by atoms with van der Waals surface area (Å²) in [7, 11) is 0. The van der Waals surface area contributed by atoms with Crippen LogP contribution < -0.4 is 20.9 Å². The number of alkyl halides is 2. The van der Waals surface area contributed by atoms with Crippen LogP contribution in [0.25, 0.3) is 0 Å². The molecule has 8 nitrogen and oxygen atoms in total. The number of rotatable bonds is 8. The van der Waals surface area contributed by atoms with Gasteiger partial charge in [0.2, 0.25) is 0 Å². The number of nitrogens with zero attached hydrogens (tertiary/aromatic N) is 2. The molecule has 1 atom stereocenters.